The van der Waals surface area contributed by atoms with E-state index in [0.29, 0.717) is 17.4 Å². The Hall–Kier alpha value is -2.10. The van der Waals surface area contributed by atoms with Crippen LogP contribution in [0.2, 0.25) is 0 Å². The van der Waals surface area contributed by atoms with Crippen molar-refractivity contribution in [3.63, 3.8) is 0 Å². The van der Waals surface area contributed by atoms with Crippen molar-refractivity contribution in [3.05, 3.63) is 47.7 Å². The average Bonchev–Trinajstić information content (AvgIpc) is 3.17. The fourth-order valence-corrected chi connectivity index (χ4v) is 2.03. The van der Waals surface area contributed by atoms with Gasteiger partial charge in [-0.1, -0.05) is 12.1 Å². The maximum atomic E-state index is 11.3. The van der Waals surface area contributed by atoms with Gasteiger partial charge >= 0.3 is 11.9 Å². The van der Waals surface area contributed by atoms with Crippen molar-refractivity contribution in [1.82, 2.24) is 0 Å². The summed E-state index contributed by atoms with van der Waals surface area (Å²) in [5.41, 5.74) is 1.74. The lowest BCUT2D eigenvalue weighted by molar-refractivity contribution is -0.135. The zero-order valence-electron chi connectivity index (χ0n) is 11.0. The topological polar surface area (TPSA) is 52.6 Å². The first kappa shape index (κ1) is 13.3. The third-order valence-corrected chi connectivity index (χ3v) is 3.16. The molecule has 0 aromatic heterocycles. The van der Waals surface area contributed by atoms with Crippen LogP contribution in [-0.4, -0.2) is 19.0 Å². The molecule has 0 amide bonds. The minimum Gasteiger partial charge on any atom is -0.465 e. The molecule has 0 N–H and O–H groups in total. The highest BCUT2D eigenvalue weighted by Crippen LogP contribution is 2.48. The minimum absolute atomic E-state index is 0.309. The first-order valence-electron chi connectivity index (χ1n) is 6.14. The number of carbonyl (C=O) groups is 2. The number of ether oxygens (including phenoxy) is 2. The number of rotatable bonds is 4. The van der Waals surface area contributed by atoms with Gasteiger partial charge in [-0.15, -0.1) is 0 Å². The van der Waals surface area contributed by atoms with Crippen LogP contribution in [0.25, 0.3) is 0 Å². The van der Waals surface area contributed by atoms with E-state index in [0.717, 1.165) is 6.42 Å². The Morgan fingerprint density at radius 2 is 1.95 bits per heavy atom. The molecule has 1 aliphatic carbocycles. The highest BCUT2D eigenvalue weighted by molar-refractivity contribution is 5.89. The number of allylic oxidation sites excluding steroid dienone is 1. The predicted molar refractivity (Wildman–Crippen MR) is 69.5 cm³/mol. The molecule has 1 aliphatic rings. The van der Waals surface area contributed by atoms with Gasteiger partial charge in [0.1, 0.15) is 0 Å². The third kappa shape index (κ3) is 3.44. The van der Waals surface area contributed by atoms with E-state index in [1.165, 1.54) is 25.9 Å². The molecule has 0 radical (unpaired) electrons. The summed E-state index contributed by atoms with van der Waals surface area (Å²) in [4.78, 5) is 21.9. The van der Waals surface area contributed by atoms with Gasteiger partial charge in [-0.05, 0) is 42.0 Å². The van der Waals surface area contributed by atoms with E-state index in [-0.39, 0.29) is 11.9 Å². The van der Waals surface area contributed by atoms with Gasteiger partial charge in [-0.3, -0.25) is 4.79 Å². The largest absolute Gasteiger partial charge is 0.465 e. The van der Waals surface area contributed by atoms with Gasteiger partial charge in [0, 0.05) is 6.92 Å². The molecule has 0 bridgehead atoms. The minimum atomic E-state index is -0.325. The molecule has 2 atom stereocenters. The molecule has 4 nitrogen and oxygen atoms in total. The molecule has 2 rings (SSSR count). The van der Waals surface area contributed by atoms with Crippen molar-refractivity contribution < 1.29 is 19.1 Å². The van der Waals surface area contributed by atoms with Gasteiger partial charge in [-0.2, -0.15) is 0 Å². The lowest BCUT2D eigenvalue weighted by atomic mass is 10.1. The fourth-order valence-electron chi connectivity index (χ4n) is 2.03. The van der Waals surface area contributed by atoms with E-state index in [1.807, 2.05) is 18.2 Å². The molecule has 0 aliphatic heterocycles. The zero-order valence-corrected chi connectivity index (χ0v) is 11.0. The van der Waals surface area contributed by atoms with Crippen molar-refractivity contribution in [2.75, 3.05) is 7.11 Å². The molecule has 4 heteroatoms. The van der Waals surface area contributed by atoms with Crippen LogP contribution >= 0.6 is 0 Å². The van der Waals surface area contributed by atoms with Crippen molar-refractivity contribution >= 4 is 11.9 Å². The summed E-state index contributed by atoms with van der Waals surface area (Å²) >= 11 is 0. The van der Waals surface area contributed by atoms with Crippen LogP contribution in [-0.2, 0) is 14.3 Å². The van der Waals surface area contributed by atoms with Gasteiger partial charge in [0.25, 0.3) is 0 Å². The highest BCUT2D eigenvalue weighted by Gasteiger charge is 2.36. The number of esters is 2. The standard InChI is InChI=1S/C15H16O4/c1-10(16)19-8-7-13-9-14(13)11-3-5-12(6-4-11)15(17)18-2/h3-8,13-14H,9H2,1-2H3/b8-7+/t13-,14+/m0/s1. The van der Waals surface area contributed by atoms with Crippen molar-refractivity contribution in [2.24, 2.45) is 5.92 Å². The lowest BCUT2D eigenvalue weighted by Gasteiger charge is -2.01. The Balaban J connectivity index is 1.92. The van der Waals surface area contributed by atoms with E-state index in [1.54, 1.807) is 12.1 Å². The number of hydrogen-bond donors (Lipinski definition) is 0. The predicted octanol–water partition coefficient (Wildman–Crippen LogP) is 2.65. The molecule has 0 saturated heterocycles. The third-order valence-electron chi connectivity index (χ3n) is 3.16. The van der Waals surface area contributed by atoms with E-state index in [2.05, 4.69) is 4.74 Å². The summed E-state index contributed by atoms with van der Waals surface area (Å²) in [7, 11) is 1.37. The van der Waals surface area contributed by atoms with E-state index in [4.69, 9.17) is 4.74 Å². The second kappa shape index (κ2) is 5.69. The Kier molecular flexibility index (Phi) is 4.00. The Labute approximate surface area is 112 Å². The quantitative estimate of drug-likeness (QED) is 0.617. The lowest BCUT2D eigenvalue weighted by Crippen LogP contribution is -2.00. The zero-order chi connectivity index (χ0) is 13.8. The molecule has 19 heavy (non-hydrogen) atoms. The summed E-state index contributed by atoms with van der Waals surface area (Å²) in [5.74, 6) is 0.214. The number of carbonyl (C=O) groups excluding carboxylic acids is 2. The molecule has 1 saturated carbocycles. The van der Waals surface area contributed by atoms with E-state index in [9.17, 15) is 9.59 Å². The second-order valence-electron chi connectivity index (χ2n) is 4.56. The molecule has 0 heterocycles. The summed E-state index contributed by atoms with van der Waals surface area (Å²) < 4.78 is 9.41. The summed E-state index contributed by atoms with van der Waals surface area (Å²) in [5, 5.41) is 0. The van der Waals surface area contributed by atoms with E-state index < -0.39 is 0 Å². The SMILES string of the molecule is COC(=O)c1ccc([C@H]2C[C@@H]2/C=C/OC(C)=O)cc1. The summed E-state index contributed by atoms with van der Waals surface area (Å²) in [6.45, 7) is 1.38. The number of benzene rings is 1. The maximum absolute atomic E-state index is 11.3. The summed E-state index contributed by atoms with van der Waals surface area (Å²) in [6.07, 6.45) is 4.39. The van der Waals surface area contributed by atoms with Crippen LogP contribution in [0.3, 0.4) is 0 Å². The average molecular weight is 260 g/mol. The normalized spacial score (nSPS) is 21.2. The number of methoxy groups -OCH3 is 1. The van der Waals surface area contributed by atoms with E-state index >= 15 is 0 Å². The highest BCUT2D eigenvalue weighted by atomic mass is 16.5. The molecule has 0 unspecified atom stereocenters. The second-order valence-corrected chi connectivity index (χ2v) is 4.56. The molecule has 1 aromatic rings. The van der Waals surface area contributed by atoms with Crippen LogP contribution in [0.15, 0.2) is 36.6 Å². The smallest absolute Gasteiger partial charge is 0.337 e. The molecule has 100 valence electrons. The van der Waals surface area contributed by atoms with Crippen LogP contribution in [0.5, 0.6) is 0 Å². The van der Waals surface area contributed by atoms with Crippen molar-refractivity contribution in [1.29, 1.82) is 0 Å². The number of hydrogen-bond acceptors (Lipinski definition) is 4. The van der Waals surface area contributed by atoms with Crippen LogP contribution in [0.1, 0.15) is 35.2 Å². The first-order valence-corrected chi connectivity index (χ1v) is 6.14. The molecule has 1 fully saturated rings. The molecular formula is C15H16O4. The van der Waals surface area contributed by atoms with Gasteiger partial charge < -0.3 is 9.47 Å². The first-order chi connectivity index (χ1) is 9.11. The Morgan fingerprint density at radius 1 is 1.26 bits per heavy atom. The Bertz CT molecular complexity index is 501. The van der Waals surface area contributed by atoms with Gasteiger partial charge in [0.05, 0.1) is 18.9 Å². The van der Waals surface area contributed by atoms with Crippen LogP contribution in [0, 0.1) is 5.92 Å². The van der Waals surface area contributed by atoms with Gasteiger partial charge in [0.15, 0.2) is 0 Å². The van der Waals surface area contributed by atoms with Crippen LogP contribution < -0.4 is 0 Å². The molecule has 1 aromatic carbocycles. The van der Waals surface area contributed by atoms with Crippen LogP contribution in [0.4, 0.5) is 0 Å². The van der Waals surface area contributed by atoms with Gasteiger partial charge in [0.2, 0.25) is 0 Å². The monoisotopic (exact) mass is 260 g/mol. The molecular weight excluding hydrogens is 244 g/mol. The maximum Gasteiger partial charge on any atom is 0.337 e. The van der Waals surface area contributed by atoms with Crippen molar-refractivity contribution in [3.8, 4) is 0 Å². The van der Waals surface area contributed by atoms with Crippen molar-refractivity contribution in [2.45, 2.75) is 19.3 Å². The van der Waals surface area contributed by atoms with Gasteiger partial charge in [-0.25, -0.2) is 4.79 Å². The molecule has 0 spiro atoms. The summed E-state index contributed by atoms with van der Waals surface area (Å²) in [6, 6.07) is 7.42. The fraction of sp³-hybridized carbons (Fsp3) is 0.333. The Morgan fingerprint density at radius 3 is 2.53 bits per heavy atom.